The van der Waals surface area contributed by atoms with Crippen LogP contribution in [0.25, 0.3) is 0 Å². The minimum Gasteiger partial charge on any atom is -1.00 e. The van der Waals surface area contributed by atoms with Crippen LogP contribution >= 0.6 is 0 Å². The molecule has 0 bridgehead atoms. The molecule has 0 radical (unpaired) electrons. The molecule has 0 aromatic carbocycles. The van der Waals surface area contributed by atoms with E-state index in [1.165, 1.54) is 0 Å². The Labute approximate surface area is 86.9 Å². The van der Waals surface area contributed by atoms with Gasteiger partial charge in [-0.3, -0.25) is 0 Å². The molecule has 0 aromatic rings. The third-order valence-corrected chi connectivity index (χ3v) is 2.83. The van der Waals surface area contributed by atoms with Crippen LogP contribution < -0.4 is 31.3 Å². The molecule has 0 heterocycles. The van der Waals surface area contributed by atoms with Gasteiger partial charge in [0, 0.05) is 0 Å². The van der Waals surface area contributed by atoms with Crippen molar-refractivity contribution < 1.29 is 31.3 Å². The predicted molar refractivity (Wildman–Crippen MR) is 35.9 cm³/mol. The smallest absolute Gasteiger partial charge is 1.00 e. The second-order valence-electron chi connectivity index (χ2n) is 3.02. The van der Waals surface area contributed by atoms with Gasteiger partial charge >= 0.3 is 39.2 Å². The molecule has 48 valence electrons. The molecule has 0 N–H and O–H groups in total. The van der Waals surface area contributed by atoms with Crippen molar-refractivity contribution in [1.82, 2.24) is 0 Å². The molecule has 0 fully saturated rings. The van der Waals surface area contributed by atoms with E-state index in [-0.39, 0.29) is 51.6 Å². The molecule has 0 aromatic heterocycles. The topological polar surface area (TPSA) is 0 Å². The van der Waals surface area contributed by atoms with Crippen LogP contribution in [0.5, 0.6) is 0 Å². The third-order valence-electron chi connectivity index (χ3n) is 0.943. The summed E-state index contributed by atoms with van der Waals surface area (Å²) in [4.78, 5) is 0. The van der Waals surface area contributed by atoms with Crippen LogP contribution in [0.1, 0.15) is 27.7 Å². The molecule has 0 aliphatic heterocycles. The van der Waals surface area contributed by atoms with E-state index in [0.29, 0.717) is 0 Å². The average Bonchev–Trinajstić information content (AvgIpc) is 1.27. The zero-order valence-corrected chi connectivity index (χ0v) is 9.41. The van der Waals surface area contributed by atoms with Crippen molar-refractivity contribution >= 4 is 20.4 Å². The van der Waals surface area contributed by atoms with Crippen LogP contribution in [-0.4, -0.2) is 20.4 Å². The van der Waals surface area contributed by atoms with Gasteiger partial charge in [-0.1, -0.05) is 27.7 Å². The molecule has 9 heavy (non-hydrogen) atoms. The van der Waals surface area contributed by atoms with E-state index < -0.39 is 0 Å². The maximum Gasteiger partial charge on any atom is 1.00 e. The van der Waals surface area contributed by atoms with Crippen LogP contribution in [0.3, 0.4) is 0 Å². The summed E-state index contributed by atoms with van der Waals surface area (Å²) < 4.78 is 2.03. The zero-order valence-electron chi connectivity index (χ0n) is 7.24. The molecular formula is C6H14ClLiMg. The van der Waals surface area contributed by atoms with Crippen molar-refractivity contribution in [3.05, 3.63) is 0 Å². The molecule has 0 spiro atoms. The summed E-state index contributed by atoms with van der Waals surface area (Å²) in [7, 11) is 0. The van der Waals surface area contributed by atoms with E-state index in [1.54, 1.807) is 0 Å². The number of hydrogen-bond donors (Lipinski definition) is 0. The third kappa shape index (κ3) is 17.7. The first-order chi connectivity index (χ1) is 3.13. The molecule has 0 atom stereocenters. The van der Waals surface area contributed by atoms with Crippen LogP contribution in [0, 0.1) is 0 Å². The van der Waals surface area contributed by atoms with Crippen molar-refractivity contribution in [2.45, 2.75) is 35.8 Å². The van der Waals surface area contributed by atoms with Crippen molar-refractivity contribution in [3.63, 3.8) is 0 Å². The largest absolute Gasteiger partial charge is 1.00 e. The van der Waals surface area contributed by atoms with Crippen molar-refractivity contribution in [3.8, 4) is 0 Å². The summed E-state index contributed by atoms with van der Waals surface area (Å²) in [5.41, 5.74) is 0. The van der Waals surface area contributed by atoms with E-state index >= 15 is 0 Å². The van der Waals surface area contributed by atoms with Crippen LogP contribution in [-0.2, 0) is 0 Å². The fourth-order valence-electron chi connectivity index (χ4n) is 0.943. The van der Waals surface area contributed by atoms with Gasteiger partial charge in [-0.2, -0.15) is 0 Å². The fourth-order valence-corrected chi connectivity index (χ4v) is 2.83. The molecule has 0 aliphatic carbocycles. The van der Waals surface area contributed by atoms with E-state index in [4.69, 9.17) is 0 Å². The maximum atomic E-state index is 2.33. The van der Waals surface area contributed by atoms with Gasteiger partial charge in [0.1, 0.15) is 0 Å². The van der Waals surface area contributed by atoms with Gasteiger partial charge in [-0.25, -0.2) is 0 Å². The Morgan fingerprint density at radius 3 is 1.11 bits per heavy atom. The number of hydrogen-bond acceptors (Lipinski definition) is 0. The number of halogens is 1. The molecule has 0 rings (SSSR count). The first kappa shape index (κ1) is 16.9. The quantitative estimate of drug-likeness (QED) is 0.359. The number of rotatable bonds is 2. The molecular weight excluding hydrogens is 139 g/mol. The molecule has 3 heteroatoms. The average molecular weight is 153 g/mol. The van der Waals surface area contributed by atoms with E-state index in [9.17, 15) is 0 Å². The van der Waals surface area contributed by atoms with E-state index in [1.807, 2.05) is 0 Å². The summed E-state index contributed by atoms with van der Waals surface area (Å²) in [5, 5.41) is 0. The summed E-state index contributed by atoms with van der Waals surface area (Å²) >= 11 is 0.281. The summed E-state index contributed by atoms with van der Waals surface area (Å²) in [6.07, 6.45) is 0. The van der Waals surface area contributed by atoms with Gasteiger partial charge in [0.25, 0.3) is 0 Å². The minimum atomic E-state index is 0. The van der Waals surface area contributed by atoms with E-state index in [0.717, 1.165) is 8.09 Å². The second-order valence-corrected chi connectivity index (χ2v) is 6.76. The Bertz CT molecular complexity index is 42.3. The van der Waals surface area contributed by atoms with Gasteiger partial charge in [-0.05, 0) is 0 Å². The Balaban J connectivity index is -0.000000180. The minimum absolute atomic E-state index is 0. The van der Waals surface area contributed by atoms with Crippen LogP contribution in [0.4, 0.5) is 0 Å². The maximum absolute atomic E-state index is 2.33. The van der Waals surface area contributed by atoms with Gasteiger partial charge in [0.05, 0.1) is 0 Å². The summed E-state index contributed by atoms with van der Waals surface area (Å²) in [6, 6.07) is 0. The molecule has 0 amide bonds. The molecule has 0 aliphatic rings. The van der Waals surface area contributed by atoms with Gasteiger partial charge in [0.2, 0.25) is 0 Å². The van der Waals surface area contributed by atoms with Crippen molar-refractivity contribution in [2.24, 2.45) is 0 Å². The standard InChI is InChI=1S/2C3H7.ClH.Li.Mg/c2*1-3-2;;;/h2*3H,1-2H3;1H;;/q;;;+1;/p-1. The fraction of sp³-hybridized carbons (Fsp3) is 1.00. The molecule has 0 unspecified atom stereocenters. The summed E-state index contributed by atoms with van der Waals surface area (Å²) in [6.45, 7) is 9.30. The van der Waals surface area contributed by atoms with Crippen molar-refractivity contribution in [2.75, 3.05) is 0 Å². The van der Waals surface area contributed by atoms with Gasteiger partial charge in [0.15, 0.2) is 0 Å². The SMILES string of the molecule is C[CH](C)[Mg][CH](C)C.[Cl-].[Li+]. The van der Waals surface area contributed by atoms with E-state index in [2.05, 4.69) is 27.7 Å². The molecule has 0 saturated carbocycles. The Morgan fingerprint density at radius 2 is 1.11 bits per heavy atom. The summed E-state index contributed by atoms with van der Waals surface area (Å²) in [5.74, 6) is 0. The monoisotopic (exact) mass is 152 g/mol. The van der Waals surface area contributed by atoms with Crippen LogP contribution in [0.15, 0.2) is 0 Å². The van der Waals surface area contributed by atoms with Gasteiger partial charge < -0.3 is 12.4 Å². The first-order valence-electron chi connectivity index (χ1n) is 3.13. The zero-order chi connectivity index (χ0) is 5.86. The molecule has 0 saturated heterocycles. The second kappa shape index (κ2) is 9.65. The Hall–Kier alpha value is 1.65. The first-order valence-corrected chi connectivity index (χ1v) is 4.76. The predicted octanol–water partition coefficient (Wildman–Crippen LogP) is -3.64. The van der Waals surface area contributed by atoms with Crippen molar-refractivity contribution in [1.29, 1.82) is 0 Å². The Kier molecular flexibility index (Phi) is 18.2. The van der Waals surface area contributed by atoms with Crippen LogP contribution in [0.2, 0.25) is 8.09 Å². The van der Waals surface area contributed by atoms with Gasteiger partial charge in [-0.15, -0.1) is 8.09 Å². The normalized spacial score (nSPS) is 7.78. The Morgan fingerprint density at radius 1 is 0.889 bits per heavy atom. The molecule has 0 nitrogen and oxygen atoms in total.